The zero-order chi connectivity index (χ0) is 13.5. The van der Waals surface area contributed by atoms with Crippen molar-refractivity contribution in [2.24, 2.45) is 5.92 Å². The molecule has 18 heavy (non-hydrogen) atoms. The summed E-state index contributed by atoms with van der Waals surface area (Å²) < 4.78 is 38.2. The van der Waals surface area contributed by atoms with Crippen molar-refractivity contribution >= 4 is 23.2 Å². The standard InChI is InChI=1S/C11H15F3N2OS/c1-6-9(17)16(10(18)15-6)8-4-2-3-7(5-8)11(12,13)14/h6-8H,2-5H2,1H3,(H,15,18)/t6-,7-,8-/m0/s1. The summed E-state index contributed by atoms with van der Waals surface area (Å²) in [5.74, 6) is -1.53. The second kappa shape index (κ2) is 4.68. The Bertz CT molecular complexity index is 372. The number of nitrogens with zero attached hydrogens (tertiary/aromatic N) is 1. The highest BCUT2D eigenvalue weighted by Gasteiger charge is 2.46. The van der Waals surface area contributed by atoms with Crippen LogP contribution in [-0.4, -0.2) is 34.2 Å². The van der Waals surface area contributed by atoms with Gasteiger partial charge in [-0.1, -0.05) is 6.42 Å². The molecule has 1 heterocycles. The van der Waals surface area contributed by atoms with Gasteiger partial charge in [-0.3, -0.25) is 9.69 Å². The van der Waals surface area contributed by atoms with E-state index in [4.69, 9.17) is 12.2 Å². The zero-order valence-corrected chi connectivity index (χ0v) is 10.8. The fraction of sp³-hybridized carbons (Fsp3) is 0.818. The molecule has 0 aromatic carbocycles. The summed E-state index contributed by atoms with van der Waals surface area (Å²) in [6, 6.07) is -0.841. The number of thiocarbonyl (C=S) groups is 1. The van der Waals surface area contributed by atoms with Crippen molar-refractivity contribution in [3.05, 3.63) is 0 Å². The summed E-state index contributed by atoms with van der Waals surface area (Å²) in [6.07, 6.45) is -2.99. The first kappa shape index (κ1) is 13.6. The van der Waals surface area contributed by atoms with E-state index in [0.29, 0.717) is 12.8 Å². The van der Waals surface area contributed by atoms with E-state index in [2.05, 4.69) is 5.32 Å². The molecular weight excluding hydrogens is 265 g/mol. The minimum atomic E-state index is -4.18. The molecule has 102 valence electrons. The molecular formula is C11H15F3N2OS. The molecule has 7 heteroatoms. The molecule has 0 unspecified atom stereocenters. The molecule has 0 spiro atoms. The number of carbonyl (C=O) groups is 1. The van der Waals surface area contributed by atoms with E-state index >= 15 is 0 Å². The molecule has 1 saturated heterocycles. The van der Waals surface area contributed by atoms with Crippen molar-refractivity contribution in [2.75, 3.05) is 0 Å². The Hall–Kier alpha value is -0.850. The monoisotopic (exact) mass is 280 g/mol. The molecule has 3 nitrogen and oxygen atoms in total. The summed E-state index contributed by atoms with van der Waals surface area (Å²) in [6.45, 7) is 1.67. The van der Waals surface area contributed by atoms with Crippen molar-refractivity contribution in [1.29, 1.82) is 0 Å². The van der Waals surface area contributed by atoms with Crippen LogP contribution in [0.2, 0.25) is 0 Å². The number of rotatable bonds is 1. The van der Waals surface area contributed by atoms with Crippen LogP contribution in [0.25, 0.3) is 0 Å². The Morgan fingerprint density at radius 2 is 2.06 bits per heavy atom. The third-order valence-corrected chi connectivity index (χ3v) is 3.96. The quantitative estimate of drug-likeness (QED) is 0.747. The summed E-state index contributed by atoms with van der Waals surface area (Å²) in [5, 5.41) is 3.06. The average molecular weight is 280 g/mol. The second-order valence-corrected chi connectivity index (χ2v) is 5.33. The average Bonchev–Trinajstić information content (AvgIpc) is 2.52. The highest BCUT2D eigenvalue weighted by atomic mass is 32.1. The lowest BCUT2D eigenvalue weighted by molar-refractivity contribution is -0.186. The van der Waals surface area contributed by atoms with Crippen LogP contribution in [0.15, 0.2) is 0 Å². The van der Waals surface area contributed by atoms with E-state index in [9.17, 15) is 18.0 Å². The number of hydrogen-bond acceptors (Lipinski definition) is 2. The molecule has 0 aromatic heterocycles. The van der Waals surface area contributed by atoms with Crippen LogP contribution in [0.4, 0.5) is 13.2 Å². The van der Waals surface area contributed by atoms with Crippen LogP contribution < -0.4 is 5.32 Å². The Kier molecular flexibility index (Phi) is 3.53. The second-order valence-electron chi connectivity index (χ2n) is 4.94. The van der Waals surface area contributed by atoms with Gasteiger partial charge in [-0.25, -0.2) is 0 Å². The molecule has 0 bridgehead atoms. The fourth-order valence-corrected chi connectivity index (χ4v) is 3.08. The first-order valence-corrected chi connectivity index (χ1v) is 6.42. The van der Waals surface area contributed by atoms with E-state index in [1.54, 1.807) is 6.92 Å². The maximum absolute atomic E-state index is 12.7. The summed E-state index contributed by atoms with van der Waals surface area (Å²) >= 11 is 5.02. The smallest absolute Gasteiger partial charge is 0.351 e. The molecule has 0 aromatic rings. The summed E-state index contributed by atoms with van der Waals surface area (Å²) in [7, 11) is 0. The van der Waals surface area contributed by atoms with Gasteiger partial charge in [0, 0.05) is 6.04 Å². The van der Waals surface area contributed by atoms with Crippen LogP contribution in [0, 0.1) is 5.92 Å². The maximum Gasteiger partial charge on any atom is 0.391 e. The first-order valence-electron chi connectivity index (χ1n) is 6.01. The van der Waals surface area contributed by atoms with Crippen LogP contribution in [0.1, 0.15) is 32.6 Å². The number of alkyl halides is 3. The van der Waals surface area contributed by atoms with E-state index in [1.165, 1.54) is 4.90 Å². The molecule has 3 atom stereocenters. The molecule has 1 amide bonds. The Morgan fingerprint density at radius 3 is 2.56 bits per heavy atom. The first-order chi connectivity index (χ1) is 8.30. The number of halogens is 3. The van der Waals surface area contributed by atoms with Crippen LogP contribution in [0.5, 0.6) is 0 Å². The lowest BCUT2D eigenvalue weighted by atomic mass is 9.84. The SMILES string of the molecule is C[C@@H]1NC(=S)N([C@H]2CCC[C@H](C(F)(F)F)C2)C1=O. The third kappa shape index (κ3) is 2.46. The Labute approximate surface area is 109 Å². The van der Waals surface area contributed by atoms with E-state index in [0.717, 1.165) is 0 Å². The van der Waals surface area contributed by atoms with Gasteiger partial charge < -0.3 is 5.32 Å². The summed E-state index contributed by atoms with van der Waals surface area (Å²) in [4.78, 5) is 13.2. The molecule has 2 fully saturated rings. The normalized spacial score (nSPS) is 33.8. The molecule has 1 aliphatic heterocycles. The Balaban J connectivity index is 2.10. The molecule has 0 radical (unpaired) electrons. The predicted molar refractivity (Wildman–Crippen MR) is 63.8 cm³/mol. The molecule has 2 rings (SSSR count). The molecule has 2 aliphatic rings. The van der Waals surface area contributed by atoms with Crippen molar-refractivity contribution < 1.29 is 18.0 Å². The highest BCUT2D eigenvalue weighted by Crippen LogP contribution is 2.39. The van der Waals surface area contributed by atoms with Gasteiger partial charge in [0.2, 0.25) is 0 Å². The third-order valence-electron chi connectivity index (χ3n) is 3.64. The van der Waals surface area contributed by atoms with Crippen molar-refractivity contribution in [1.82, 2.24) is 10.2 Å². The summed E-state index contributed by atoms with van der Waals surface area (Å²) in [5.41, 5.74) is 0. The number of carbonyl (C=O) groups excluding carboxylic acids is 1. The number of nitrogens with one attached hydrogen (secondary N) is 1. The van der Waals surface area contributed by atoms with Gasteiger partial charge in [-0.05, 0) is 38.4 Å². The maximum atomic E-state index is 12.7. The van der Waals surface area contributed by atoms with Gasteiger partial charge in [0.1, 0.15) is 6.04 Å². The largest absolute Gasteiger partial charge is 0.391 e. The van der Waals surface area contributed by atoms with E-state index in [1.807, 2.05) is 0 Å². The molecule has 1 aliphatic carbocycles. The zero-order valence-electron chi connectivity index (χ0n) is 9.96. The predicted octanol–water partition coefficient (Wildman–Crippen LogP) is 2.21. The fourth-order valence-electron chi connectivity index (χ4n) is 2.67. The van der Waals surface area contributed by atoms with Crippen LogP contribution >= 0.6 is 12.2 Å². The lowest BCUT2D eigenvalue weighted by Crippen LogP contribution is -2.45. The topological polar surface area (TPSA) is 32.3 Å². The molecule has 1 N–H and O–H groups in total. The van der Waals surface area contributed by atoms with Crippen molar-refractivity contribution in [3.63, 3.8) is 0 Å². The highest BCUT2D eigenvalue weighted by molar-refractivity contribution is 7.80. The minimum Gasteiger partial charge on any atom is -0.351 e. The number of amides is 1. The van der Waals surface area contributed by atoms with Gasteiger partial charge in [0.25, 0.3) is 5.91 Å². The van der Waals surface area contributed by atoms with Crippen LogP contribution in [0.3, 0.4) is 0 Å². The van der Waals surface area contributed by atoms with Gasteiger partial charge in [0.05, 0.1) is 5.92 Å². The van der Waals surface area contributed by atoms with Crippen molar-refractivity contribution in [3.8, 4) is 0 Å². The Morgan fingerprint density at radius 1 is 1.39 bits per heavy atom. The number of hydrogen-bond donors (Lipinski definition) is 1. The molecule has 1 saturated carbocycles. The lowest BCUT2D eigenvalue weighted by Gasteiger charge is -2.35. The van der Waals surface area contributed by atoms with Gasteiger partial charge in [-0.15, -0.1) is 0 Å². The minimum absolute atomic E-state index is 0.0379. The van der Waals surface area contributed by atoms with Gasteiger partial charge >= 0.3 is 6.18 Å². The van der Waals surface area contributed by atoms with Crippen molar-refractivity contribution in [2.45, 2.75) is 50.9 Å². The van der Waals surface area contributed by atoms with E-state index < -0.39 is 24.2 Å². The van der Waals surface area contributed by atoms with Crippen LogP contribution in [-0.2, 0) is 4.79 Å². The van der Waals surface area contributed by atoms with Gasteiger partial charge in [0.15, 0.2) is 5.11 Å². The van der Waals surface area contributed by atoms with E-state index in [-0.39, 0.29) is 23.9 Å². The van der Waals surface area contributed by atoms with Gasteiger partial charge in [-0.2, -0.15) is 13.2 Å².